The smallest absolute Gasteiger partial charge is 0.343 e. The number of thioether (sulfide) groups is 1. The fourth-order valence-corrected chi connectivity index (χ4v) is 4.90. The summed E-state index contributed by atoms with van der Waals surface area (Å²) in [7, 11) is 0. The minimum Gasteiger partial charge on any atom is -0.422 e. The monoisotopic (exact) mass is 533 g/mol. The van der Waals surface area contributed by atoms with Crippen molar-refractivity contribution < 1.29 is 19.1 Å². The fraction of sp³-hybridized carbons (Fsp3) is 0.0357. The molecule has 1 fully saturated rings. The molecule has 0 saturated carbocycles. The van der Waals surface area contributed by atoms with E-state index in [1.54, 1.807) is 42.5 Å². The average molecular weight is 534 g/mol. The van der Waals surface area contributed by atoms with Crippen LogP contribution >= 0.6 is 35.0 Å². The molecule has 0 bridgehead atoms. The molecule has 2 amide bonds. The van der Waals surface area contributed by atoms with E-state index in [1.807, 2.05) is 42.5 Å². The molecule has 0 unspecified atom stereocenters. The molecule has 1 aliphatic rings. The number of hydrogen-bond acceptors (Lipinski definition) is 5. The van der Waals surface area contributed by atoms with E-state index in [4.69, 9.17) is 27.9 Å². The molecule has 0 atom stereocenters. The molecule has 4 aromatic rings. The summed E-state index contributed by atoms with van der Waals surface area (Å²) in [5.41, 5.74) is 1.56. The van der Waals surface area contributed by atoms with Gasteiger partial charge in [-0.25, -0.2) is 4.79 Å². The molecule has 36 heavy (non-hydrogen) atoms. The SMILES string of the molecule is O=C(Oc1ccc(Cl)cc1/C=C1\SC(=O)N(Cc2ccc3ccccc3c2)C1=O)c1ccc(Cl)cc1. The zero-order chi connectivity index (χ0) is 25.2. The van der Waals surface area contributed by atoms with Crippen LogP contribution in [0.5, 0.6) is 5.75 Å². The van der Waals surface area contributed by atoms with Gasteiger partial charge in [0.1, 0.15) is 5.75 Å². The molecular formula is C28H17Cl2NO4S. The molecular weight excluding hydrogens is 517 g/mol. The number of ether oxygens (including phenoxy) is 1. The van der Waals surface area contributed by atoms with Gasteiger partial charge in [-0.2, -0.15) is 0 Å². The maximum absolute atomic E-state index is 13.1. The molecule has 178 valence electrons. The maximum atomic E-state index is 13.1. The lowest BCUT2D eigenvalue weighted by atomic mass is 10.1. The van der Waals surface area contributed by atoms with E-state index in [9.17, 15) is 14.4 Å². The van der Waals surface area contributed by atoms with Crippen LogP contribution in [0.25, 0.3) is 16.8 Å². The first kappa shape index (κ1) is 24.1. The van der Waals surface area contributed by atoms with Crippen molar-refractivity contribution in [2.24, 2.45) is 0 Å². The van der Waals surface area contributed by atoms with Crippen molar-refractivity contribution in [3.05, 3.63) is 117 Å². The highest BCUT2D eigenvalue weighted by atomic mass is 35.5. The molecule has 5 rings (SSSR count). The Morgan fingerprint density at radius 1 is 0.861 bits per heavy atom. The van der Waals surface area contributed by atoms with Gasteiger partial charge in [-0.1, -0.05) is 59.6 Å². The number of benzene rings is 4. The van der Waals surface area contributed by atoms with Gasteiger partial charge in [0, 0.05) is 15.6 Å². The maximum Gasteiger partial charge on any atom is 0.343 e. The third kappa shape index (κ3) is 5.16. The molecule has 1 saturated heterocycles. The normalized spacial score (nSPS) is 14.6. The number of rotatable bonds is 5. The zero-order valence-electron chi connectivity index (χ0n) is 18.6. The lowest BCUT2D eigenvalue weighted by Gasteiger charge is -2.13. The minimum absolute atomic E-state index is 0.154. The molecule has 8 heteroatoms. The average Bonchev–Trinajstić information content (AvgIpc) is 3.13. The highest BCUT2D eigenvalue weighted by Crippen LogP contribution is 2.36. The Kier molecular flexibility index (Phi) is 6.83. The largest absolute Gasteiger partial charge is 0.422 e. The van der Waals surface area contributed by atoms with Crippen molar-refractivity contribution in [1.82, 2.24) is 4.90 Å². The van der Waals surface area contributed by atoms with Gasteiger partial charge >= 0.3 is 5.97 Å². The van der Waals surface area contributed by atoms with Crippen LogP contribution in [0.3, 0.4) is 0 Å². The van der Waals surface area contributed by atoms with E-state index >= 15 is 0 Å². The van der Waals surface area contributed by atoms with Crippen LogP contribution in [-0.4, -0.2) is 22.0 Å². The summed E-state index contributed by atoms with van der Waals surface area (Å²) in [5, 5.41) is 2.63. The minimum atomic E-state index is -0.590. The second-order valence-corrected chi connectivity index (χ2v) is 9.89. The van der Waals surface area contributed by atoms with Crippen LogP contribution in [0.15, 0.2) is 89.8 Å². The summed E-state index contributed by atoms with van der Waals surface area (Å²) in [6, 6.07) is 24.7. The Morgan fingerprint density at radius 2 is 1.58 bits per heavy atom. The molecule has 0 N–H and O–H groups in total. The number of carbonyl (C=O) groups is 3. The molecule has 1 aliphatic heterocycles. The van der Waals surface area contributed by atoms with Crippen molar-refractivity contribution >= 4 is 68.9 Å². The van der Waals surface area contributed by atoms with Crippen molar-refractivity contribution in [2.45, 2.75) is 6.54 Å². The first-order valence-electron chi connectivity index (χ1n) is 10.9. The number of nitrogens with zero attached hydrogens (tertiary/aromatic N) is 1. The van der Waals surface area contributed by atoms with Gasteiger partial charge in [-0.15, -0.1) is 0 Å². The number of amides is 2. The molecule has 1 heterocycles. The molecule has 0 spiro atoms. The van der Waals surface area contributed by atoms with E-state index in [2.05, 4.69) is 0 Å². The summed E-state index contributed by atoms with van der Waals surface area (Å²) in [6.45, 7) is 0.154. The first-order valence-corrected chi connectivity index (χ1v) is 12.4. The van der Waals surface area contributed by atoms with Gasteiger partial charge in [-0.3, -0.25) is 14.5 Å². The number of halogens is 2. The van der Waals surface area contributed by atoms with Crippen LogP contribution in [0, 0.1) is 0 Å². The summed E-state index contributed by atoms with van der Waals surface area (Å²) in [6.07, 6.45) is 1.52. The van der Waals surface area contributed by atoms with Crippen molar-refractivity contribution in [2.75, 3.05) is 0 Å². The van der Waals surface area contributed by atoms with Gasteiger partial charge in [0.2, 0.25) is 0 Å². The highest BCUT2D eigenvalue weighted by molar-refractivity contribution is 8.18. The van der Waals surface area contributed by atoms with Crippen LogP contribution < -0.4 is 4.74 Å². The van der Waals surface area contributed by atoms with E-state index in [-0.39, 0.29) is 22.4 Å². The van der Waals surface area contributed by atoms with E-state index < -0.39 is 11.9 Å². The van der Waals surface area contributed by atoms with Crippen LogP contribution in [0.4, 0.5) is 4.79 Å². The first-order chi connectivity index (χ1) is 17.4. The van der Waals surface area contributed by atoms with Crippen molar-refractivity contribution in [1.29, 1.82) is 0 Å². The van der Waals surface area contributed by atoms with Gasteiger partial charge in [0.05, 0.1) is 17.0 Å². The number of esters is 1. The quantitative estimate of drug-likeness (QED) is 0.150. The van der Waals surface area contributed by atoms with Gasteiger partial charge < -0.3 is 4.74 Å². The third-order valence-electron chi connectivity index (χ3n) is 5.57. The molecule has 4 aromatic carbocycles. The lowest BCUT2D eigenvalue weighted by Crippen LogP contribution is -2.27. The third-order valence-corrected chi connectivity index (χ3v) is 6.96. The summed E-state index contributed by atoms with van der Waals surface area (Å²) < 4.78 is 5.56. The second-order valence-electron chi connectivity index (χ2n) is 8.03. The van der Waals surface area contributed by atoms with Crippen LogP contribution in [-0.2, 0) is 11.3 Å². The molecule has 0 radical (unpaired) electrons. The fourth-order valence-electron chi connectivity index (χ4n) is 3.77. The van der Waals surface area contributed by atoms with Gasteiger partial charge in [0.15, 0.2) is 0 Å². The van der Waals surface area contributed by atoms with Crippen molar-refractivity contribution in [3.63, 3.8) is 0 Å². The Labute approximate surface area is 221 Å². The Bertz CT molecular complexity index is 1550. The van der Waals surface area contributed by atoms with Crippen LogP contribution in [0.2, 0.25) is 10.0 Å². The van der Waals surface area contributed by atoms with E-state index in [0.29, 0.717) is 21.2 Å². The Balaban J connectivity index is 1.39. The van der Waals surface area contributed by atoms with Crippen molar-refractivity contribution in [3.8, 4) is 5.75 Å². The predicted octanol–water partition coefficient (Wildman–Crippen LogP) is 7.60. The summed E-state index contributed by atoms with van der Waals surface area (Å²) in [5.74, 6) is -0.804. The molecule has 0 aromatic heterocycles. The summed E-state index contributed by atoms with van der Waals surface area (Å²) >= 11 is 12.9. The van der Waals surface area contributed by atoms with Gasteiger partial charge in [-0.05, 0) is 82.7 Å². The van der Waals surface area contributed by atoms with E-state index in [0.717, 1.165) is 28.1 Å². The standard InChI is InChI=1S/C28H17Cl2NO4S/c29-22-9-7-19(8-10-22)27(33)35-24-12-11-23(30)14-21(24)15-25-26(32)31(28(34)36-25)16-17-5-6-18-3-1-2-4-20(18)13-17/h1-15H,16H2/b25-15-. The number of hydrogen-bond donors (Lipinski definition) is 0. The van der Waals surface area contributed by atoms with Gasteiger partial charge in [0.25, 0.3) is 11.1 Å². The molecule has 5 nitrogen and oxygen atoms in total. The van der Waals surface area contributed by atoms with E-state index in [1.165, 1.54) is 11.0 Å². The second kappa shape index (κ2) is 10.2. The highest BCUT2D eigenvalue weighted by Gasteiger charge is 2.35. The number of fused-ring (bicyclic) bond motifs is 1. The summed E-state index contributed by atoms with van der Waals surface area (Å²) in [4.78, 5) is 39.8. The topological polar surface area (TPSA) is 63.7 Å². The van der Waals surface area contributed by atoms with Crippen LogP contribution in [0.1, 0.15) is 21.5 Å². The lowest BCUT2D eigenvalue weighted by molar-refractivity contribution is -0.123. The number of imide groups is 1. The predicted molar refractivity (Wildman–Crippen MR) is 143 cm³/mol. The molecule has 0 aliphatic carbocycles. The zero-order valence-corrected chi connectivity index (χ0v) is 20.9. The Morgan fingerprint density at radius 3 is 2.36 bits per heavy atom. The number of carbonyl (C=O) groups excluding carboxylic acids is 3. The Hall–Kier alpha value is -3.58.